The van der Waals surface area contributed by atoms with Gasteiger partial charge in [-0.3, -0.25) is 9.59 Å². The second-order valence-electron chi connectivity index (χ2n) is 11.6. The predicted octanol–water partition coefficient (Wildman–Crippen LogP) is 4.09. The summed E-state index contributed by atoms with van der Waals surface area (Å²) >= 11 is 0. The summed E-state index contributed by atoms with van der Waals surface area (Å²) in [4.78, 5) is 50.9. The first-order valence-corrected chi connectivity index (χ1v) is 14.5. The van der Waals surface area contributed by atoms with Gasteiger partial charge in [0.1, 0.15) is 12.1 Å². The molecular formula is C33H39N5O4. The standard InChI is InChI=1S/C33H39N5O4/c1-4-42-32(41)29(19-23-21-36-27-13-8-6-11-25(23)27)38-17-16-37(30(39)14-9-15-33(2,3)34)28(31(38)40)18-22-20-35-26-12-7-5-10-24(22)26/h5-14,20-21,28-29,35-36H,4,15-19,34H2,1-3H3/b14-9+/t28-,29+/m1/s1. The molecular weight excluding hydrogens is 530 g/mol. The lowest BCUT2D eigenvalue weighted by molar-refractivity contribution is -0.161. The highest BCUT2D eigenvalue weighted by atomic mass is 16.5. The molecule has 4 N–H and O–H groups in total. The van der Waals surface area contributed by atoms with Gasteiger partial charge in [0.2, 0.25) is 11.8 Å². The van der Waals surface area contributed by atoms with Crippen molar-refractivity contribution >= 4 is 39.6 Å². The Morgan fingerprint density at radius 2 is 1.64 bits per heavy atom. The summed E-state index contributed by atoms with van der Waals surface area (Å²) in [5.74, 6) is -0.974. The number of rotatable bonds is 10. The number of H-pyrrole nitrogens is 2. The molecule has 1 saturated heterocycles. The molecule has 0 saturated carbocycles. The first-order valence-electron chi connectivity index (χ1n) is 14.5. The SMILES string of the molecule is CCOC(=O)[C@H](Cc1c[nH]c2ccccc12)N1CCN(C(=O)/C=C/CC(C)(C)N)[C@H](Cc2c[nH]c3ccccc23)C1=O. The molecule has 2 atom stereocenters. The largest absolute Gasteiger partial charge is 0.464 e. The van der Waals surface area contributed by atoms with Gasteiger partial charge in [0.15, 0.2) is 0 Å². The van der Waals surface area contributed by atoms with Gasteiger partial charge in [0.05, 0.1) is 6.61 Å². The smallest absolute Gasteiger partial charge is 0.329 e. The molecule has 1 aliphatic heterocycles. The third kappa shape index (κ3) is 6.26. The number of nitrogens with one attached hydrogen (secondary N) is 2. The number of para-hydroxylation sites is 2. The Labute approximate surface area is 245 Å². The molecule has 0 radical (unpaired) electrons. The zero-order valence-electron chi connectivity index (χ0n) is 24.4. The summed E-state index contributed by atoms with van der Waals surface area (Å²) in [7, 11) is 0. The fraction of sp³-hybridized carbons (Fsp3) is 0.364. The molecule has 0 unspecified atom stereocenters. The van der Waals surface area contributed by atoms with Crippen LogP contribution in [-0.2, 0) is 32.0 Å². The normalized spacial score (nSPS) is 17.0. The summed E-state index contributed by atoms with van der Waals surface area (Å²) in [6.07, 6.45) is 8.18. The molecule has 1 aliphatic rings. The molecule has 0 bridgehead atoms. The number of esters is 1. The number of nitrogens with zero attached hydrogens (tertiary/aromatic N) is 2. The van der Waals surface area contributed by atoms with Crippen LogP contribution in [0.4, 0.5) is 0 Å². The maximum atomic E-state index is 14.3. The molecule has 0 spiro atoms. The fourth-order valence-electron chi connectivity index (χ4n) is 5.71. The Morgan fingerprint density at radius 1 is 1.02 bits per heavy atom. The molecule has 9 nitrogen and oxygen atoms in total. The van der Waals surface area contributed by atoms with Crippen LogP contribution in [0.1, 0.15) is 38.3 Å². The van der Waals surface area contributed by atoms with Crippen molar-refractivity contribution in [3.05, 3.63) is 84.2 Å². The Hall–Kier alpha value is -4.37. The van der Waals surface area contributed by atoms with Crippen LogP contribution in [0.15, 0.2) is 73.1 Å². The summed E-state index contributed by atoms with van der Waals surface area (Å²) in [5.41, 5.74) is 9.42. The van der Waals surface area contributed by atoms with Crippen molar-refractivity contribution in [2.24, 2.45) is 5.73 Å². The minimum Gasteiger partial charge on any atom is -0.464 e. The van der Waals surface area contributed by atoms with Gasteiger partial charge in [-0.25, -0.2) is 4.79 Å². The third-order valence-corrected chi connectivity index (χ3v) is 7.82. The van der Waals surface area contributed by atoms with Crippen LogP contribution in [-0.4, -0.2) is 74.9 Å². The lowest BCUT2D eigenvalue weighted by atomic mass is 9.97. The van der Waals surface area contributed by atoms with Gasteiger partial charge >= 0.3 is 5.97 Å². The number of hydrogen-bond donors (Lipinski definition) is 3. The van der Waals surface area contributed by atoms with Crippen LogP contribution in [0.2, 0.25) is 0 Å². The van der Waals surface area contributed by atoms with E-state index >= 15 is 0 Å². The van der Waals surface area contributed by atoms with E-state index in [-0.39, 0.29) is 31.5 Å². The zero-order valence-corrected chi connectivity index (χ0v) is 24.4. The topological polar surface area (TPSA) is 125 Å². The molecule has 4 aromatic rings. The van der Waals surface area contributed by atoms with Gasteiger partial charge in [-0.05, 0) is 56.5 Å². The van der Waals surface area contributed by atoms with E-state index in [9.17, 15) is 14.4 Å². The predicted molar refractivity (Wildman–Crippen MR) is 164 cm³/mol. The van der Waals surface area contributed by atoms with Crippen molar-refractivity contribution in [1.29, 1.82) is 0 Å². The summed E-state index contributed by atoms with van der Waals surface area (Å²) in [6, 6.07) is 14.1. The van der Waals surface area contributed by atoms with Crippen molar-refractivity contribution in [3.63, 3.8) is 0 Å². The van der Waals surface area contributed by atoms with Crippen molar-refractivity contribution in [3.8, 4) is 0 Å². The first-order chi connectivity index (χ1) is 20.2. The average molecular weight is 570 g/mol. The number of carbonyl (C=O) groups excluding carboxylic acids is 3. The van der Waals surface area contributed by atoms with Gasteiger partial charge < -0.3 is 30.2 Å². The van der Waals surface area contributed by atoms with Gasteiger partial charge in [0.25, 0.3) is 0 Å². The van der Waals surface area contributed by atoms with Crippen molar-refractivity contribution < 1.29 is 19.1 Å². The lowest BCUT2D eigenvalue weighted by Gasteiger charge is -2.43. The van der Waals surface area contributed by atoms with Crippen molar-refractivity contribution in [2.75, 3.05) is 19.7 Å². The number of amides is 2. The van der Waals surface area contributed by atoms with E-state index in [1.807, 2.05) is 74.8 Å². The molecule has 1 fully saturated rings. The van der Waals surface area contributed by atoms with E-state index < -0.39 is 23.6 Å². The van der Waals surface area contributed by atoms with E-state index in [2.05, 4.69) is 9.97 Å². The maximum absolute atomic E-state index is 14.3. The monoisotopic (exact) mass is 569 g/mol. The number of ether oxygens (including phenoxy) is 1. The highest BCUT2D eigenvalue weighted by Gasteiger charge is 2.42. The van der Waals surface area contributed by atoms with Crippen molar-refractivity contribution in [2.45, 2.75) is 57.7 Å². The van der Waals surface area contributed by atoms with E-state index in [1.54, 1.807) is 22.8 Å². The average Bonchev–Trinajstić information content (AvgIpc) is 3.56. The fourth-order valence-corrected chi connectivity index (χ4v) is 5.71. The zero-order chi connectivity index (χ0) is 29.9. The number of nitrogens with two attached hydrogens (primary N) is 1. The Morgan fingerprint density at radius 3 is 2.29 bits per heavy atom. The molecule has 5 rings (SSSR count). The molecule has 2 aromatic carbocycles. The Kier molecular flexibility index (Phi) is 8.49. The molecule has 42 heavy (non-hydrogen) atoms. The second kappa shape index (κ2) is 12.2. The highest BCUT2D eigenvalue weighted by molar-refractivity contribution is 5.96. The van der Waals surface area contributed by atoms with Crippen molar-refractivity contribution in [1.82, 2.24) is 19.8 Å². The minimum atomic E-state index is -0.826. The van der Waals surface area contributed by atoms with Crippen LogP contribution in [0.3, 0.4) is 0 Å². The Bertz CT molecular complexity index is 1610. The number of fused-ring (bicyclic) bond motifs is 2. The minimum absolute atomic E-state index is 0.205. The molecule has 9 heteroatoms. The van der Waals surface area contributed by atoms with Crippen LogP contribution < -0.4 is 5.73 Å². The van der Waals surface area contributed by atoms with Crippen LogP contribution in [0.5, 0.6) is 0 Å². The molecule has 2 aromatic heterocycles. The van der Waals surface area contributed by atoms with Crippen LogP contribution in [0.25, 0.3) is 21.8 Å². The van der Waals surface area contributed by atoms with Crippen LogP contribution in [0, 0.1) is 0 Å². The van der Waals surface area contributed by atoms with Gasteiger partial charge in [0, 0.05) is 65.7 Å². The molecule has 2 amide bonds. The summed E-state index contributed by atoms with van der Waals surface area (Å²) in [5, 5.41) is 1.99. The highest BCUT2D eigenvalue weighted by Crippen LogP contribution is 2.27. The number of benzene rings is 2. The number of aromatic nitrogens is 2. The van der Waals surface area contributed by atoms with E-state index in [4.69, 9.17) is 10.5 Å². The van der Waals surface area contributed by atoms with Gasteiger partial charge in [-0.2, -0.15) is 0 Å². The van der Waals surface area contributed by atoms with E-state index in [0.717, 1.165) is 32.9 Å². The molecule has 3 heterocycles. The third-order valence-electron chi connectivity index (χ3n) is 7.82. The maximum Gasteiger partial charge on any atom is 0.329 e. The number of carbonyl (C=O) groups is 3. The second-order valence-corrected chi connectivity index (χ2v) is 11.6. The number of aromatic amines is 2. The first kappa shape index (κ1) is 29.1. The summed E-state index contributed by atoms with van der Waals surface area (Å²) in [6.45, 7) is 6.26. The molecule has 0 aliphatic carbocycles. The number of piperazine rings is 1. The van der Waals surface area contributed by atoms with Gasteiger partial charge in [-0.1, -0.05) is 42.5 Å². The van der Waals surface area contributed by atoms with E-state index in [1.165, 1.54) is 6.08 Å². The molecule has 220 valence electrons. The summed E-state index contributed by atoms with van der Waals surface area (Å²) < 4.78 is 5.47. The Balaban J connectivity index is 1.47. The quantitative estimate of drug-likeness (QED) is 0.196. The van der Waals surface area contributed by atoms with E-state index in [0.29, 0.717) is 19.3 Å². The lowest BCUT2D eigenvalue weighted by Crippen LogP contribution is -2.63. The van der Waals surface area contributed by atoms with Crippen LogP contribution >= 0.6 is 0 Å². The number of hydrogen-bond acceptors (Lipinski definition) is 5. The van der Waals surface area contributed by atoms with Gasteiger partial charge in [-0.15, -0.1) is 0 Å².